The molecule has 1 aromatic carbocycles. The molecular formula is C12H10FIN2O3. The first-order chi connectivity index (χ1) is 8.99. The number of hydrogen-bond donors (Lipinski definition) is 2. The van der Waals surface area contributed by atoms with E-state index in [4.69, 9.17) is 0 Å². The van der Waals surface area contributed by atoms with Gasteiger partial charge in [0, 0.05) is 9.99 Å². The highest BCUT2D eigenvalue weighted by atomic mass is 127. The minimum absolute atomic E-state index is 0.114. The number of carbonyl (C=O) groups excluding carboxylic acids is 3. The van der Waals surface area contributed by atoms with Crippen LogP contribution in [-0.4, -0.2) is 23.8 Å². The number of rotatable bonds is 2. The number of nitrogens with one attached hydrogen (secondary N) is 2. The van der Waals surface area contributed by atoms with Gasteiger partial charge in [0.25, 0.3) is 5.91 Å². The highest BCUT2D eigenvalue weighted by Gasteiger charge is 2.28. The van der Waals surface area contributed by atoms with Crippen LogP contribution in [0.2, 0.25) is 0 Å². The zero-order valence-electron chi connectivity index (χ0n) is 9.70. The molecule has 0 spiro atoms. The lowest BCUT2D eigenvalue weighted by atomic mass is 10.1. The summed E-state index contributed by atoms with van der Waals surface area (Å²) in [6, 6.07) is 3.64. The van der Waals surface area contributed by atoms with Gasteiger partial charge in [0.05, 0.1) is 5.56 Å². The van der Waals surface area contributed by atoms with E-state index in [0.717, 1.165) is 0 Å². The number of piperidine rings is 1. The first kappa shape index (κ1) is 13.9. The summed E-state index contributed by atoms with van der Waals surface area (Å²) >= 11 is 1.78. The molecule has 1 aliphatic rings. The van der Waals surface area contributed by atoms with Crippen LogP contribution in [0, 0.1) is 9.39 Å². The van der Waals surface area contributed by atoms with Gasteiger partial charge in [0.1, 0.15) is 11.9 Å². The van der Waals surface area contributed by atoms with E-state index < -0.39 is 23.7 Å². The summed E-state index contributed by atoms with van der Waals surface area (Å²) in [6.07, 6.45) is 0.382. The number of amides is 3. The summed E-state index contributed by atoms with van der Waals surface area (Å²) < 4.78 is 14.1. The Morgan fingerprint density at radius 3 is 2.84 bits per heavy atom. The molecule has 2 rings (SSSR count). The van der Waals surface area contributed by atoms with E-state index >= 15 is 0 Å². The number of benzene rings is 1. The summed E-state index contributed by atoms with van der Waals surface area (Å²) in [4.78, 5) is 34.3. The monoisotopic (exact) mass is 376 g/mol. The van der Waals surface area contributed by atoms with Crippen molar-refractivity contribution in [2.24, 2.45) is 0 Å². The third-order valence-electron chi connectivity index (χ3n) is 2.74. The minimum atomic E-state index is -0.803. The highest BCUT2D eigenvalue weighted by Crippen LogP contribution is 2.15. The van der Waals surface area contributed by atoms with Crippen LogP contribution in [0.4, 0.5) is 4.39 Å². The fraction of sp³-hybridized carbons (Fsp3) is 0.250. The van der Waals surface area contributed by atoms with Crippen molar-refractivity contribution in [1.82, 2.24) is 10.6 Å². The molecule has 7 heteroatoms. The zero-order valence-corrected chi connectivity index (χ0v) is 11.9. The molecule has 100 valence electrons. The van der Waals surface area contributed by atoms with E-state index in [2.05, 4.69) is 10.6 Å². The SMILES string of the molecule is O=C1CCC(NC(=O)c2cccc(I)c2F)C(=O)N1. The van der Waals surface area contributed by atoms with E-state index in [1.807, 2.05) is 0 Å². The molecular weight excluding hydrogens is 366 g/mol. The van der Waals surface area contributed by atoms with Gasteiger partial charge >= 0.3 is 0 Å². The molecule has 0 saturated carbocycles. The molecule has 1 atom stereocenters. The molecule has 1 heterocycles. The second kappa shape index (κ2) is 5.64. The van der Waals surface area contributed by atoms with Gasteiger partial charge < -0.3 is 5.32 Å². The highest BCUT2D eigenvalue weighted by molar-refractivity contribution is 14.1. The standard InChI is InChI=1S/C12H10FIN2O3/c13-10-6(2-1-3-7(10)14)11(18)15-8-4-5-9(17)16-12(8)19/h1-3,8H,4-5H2,(H,15,18)(H,16,17,19). The van der Waals surface area contributed by atoms with Crippen LogP contribution in [0.1, 0.15) is 23.2 Å². The molecule has 5 nitrogen and oxygen atoms in total. The van der Waals surface area contributed by atoms with Crippen molar-refractivity contribution in [1.29, 1.82) is 0 Å². The van der Waals surface area contributed by atoms with Crippen LogP contribution in [0.3, 0.4) is 0 Å². The van der Waals surface area contributed by atoms with Gasteiger partial charge in [-0.3, -0.25) is 19.7 Å². The average Bonchev–Trinajstić information content (AvgIpc) is 2.36. The lowest BCUT2D eigenvalue weighted by molar-refractivity contribution is -0.134. The zero-order chi connectivity index (χ0) is 14.0. The molecule has 0 aliphatic carbocycles. The second-order valence-electron chi connectivity index (χ2n) is 4.08. The predicted molar refractivity (Wildman–Crippen MR) is 72.8 cm³/mol. The number of halogens is 2. The van der Waals surface area contributed by atoms with Crippen LogP contribution in [0.15, 0.2) is 18.2 Å². The molecule has 0 radical (unpaired) electrons. The van der Waals surface area contributed by atoms with E-state index in [1.165, 1.54) is 6.07 Å². The summed E-state index contributed by atoms with van der Waals surface area (Å²) in [5, 5.41) is 4.55. The molecule has 1 unspecified atom stereocenters. The minimum Gasteiger partial charge on any atom is -0.340 e. The quantitative estimate of drug-likeness (QED) is 0.597. The molecule has 0 aromatic heterocycles. The lowest BCUT2D eigenvalue weighted by Crippen LogP contribution is -2.52. The Bertz CT molecular complexity index is 562. The van der Waals surface area contributed by atoms with Crippen molar-refractivity contribution in [3.05, 3.63) is 33.1 Å². The molecule has 1 saturated heterocycles. The summed E-state index contributed by atoms with van der Waals surface area (Å²) in [6.45, 7) is 0. The molecule has 0 bridgehead atoms. The lowest BCUT2D eigenvalue weighted by Gasteiger charge is -2.21. The van der Waals surface area contributed by atoms with Crippen molar-refractivity contribution in [3.8, 4) is 0 Å². The molecule has 1 fully saturated rings. The molecule has 3 amide bonds. The van der Waals surface area contributed by atoms with Gasteiger partial charge in [-0.15, -0.1) is 0 Å². The fourth-order valence-corrected chi connectivity index (χ4v) is 2.24. The van der Waals surface area contributed by atoms with Gasteiger partial charge in [0.15, 0.2) is 0 Å². The van der Waals surface area contributed by atoms with E-state index in [0.29, 0.717) is 3.57 Å². The van der Waals surface area contributed by atoms with Crippen molar-refractivity contribution >= 4 is 40.3 Å². The largest absolute Gasteiger partial charge is 0.340 e. The van der Waals surface area contributed by atoms with E-state index in [1.54, 1.807) is 34.7 Å². The maximum atomic E-state index is 13.7. The van der Waals surface area contributed by atoms with Crippen LogP contribution in [-0.2, 0) is 9.59 Å². The topological polar surface area (TPSA) is 75.3 Å². The van der Waals surface area contributed by atoms with Crippen LogP contribution in [0.5, 0.6) is 0 Å². The maximum absolute atomic E-state index is 13.7. The summed E-state index contributed by atoms with van der Waals surface area (Å²) in [5.74, 6) is -2.20. The number of hydrogen-bond acceptors (Lipinski definition) is 3. The molecule has 1 aliphatic heterocycles. The predicted octanol–water partition coefficient (Wildman–Crippen LogP) is 0.965. The Balaban J connectivity index is 2.11. The summed E-state index contributed by atoms with van der Waals surface area (Å²) in [7, 11) is 0. The normalized spacial score (nSPS) is 18.9. The van der Waals surface area contributed by atoms with Crippen molar-refractivity contribution in [2.75, 3.05) is 0 Å². The van der Waals surface area contributed by atoms with Crippen LogP contribution in [0.25, 0.3) is 0 Å². The van der Waals surface area contributed by atoms with Crippen molar-refractivity contribution in [3.63, 3.8) is 0 Å². The van der Waals surface area contributed by atoms with Crippen molar-refractivity contribution < 1.29 is 18.8 Å². The van der Waals surface area contributed by atoms with Gasteiger partial charge in [-0.05, 0) is 41.1 Å². The van der Waals surface area contributed by atoms with Gasteiger partial charge in [-0.2, -0.15) is 0 Å². The fourth-order valence-electron chi connectivity index (χ4n) is 1.75. The summed E-state index contributed by atoms with van der Waals surface area (Å²) in [5.41, 5.74) is -0.114. The van der Waals surface area contributed by atoms with Crippen LogP contribution < -0.4 is 10.6 Å². The van der Waals surface area contributed by atoms with E-state index in [-0.39, 0.29) is 24.3 Å². The third-order valence-corrected chi connectivity index (χ3v) is 3.57. The van der Waals surface area contributed by atoms with Gasteiger partial charge in [-0.25, -0.2) is 4.39 Å². The molecule has 19 heavy (non-hydrogen) atoms. The smallest absolute Gasteiger partial charge is 0.254 e. The Labute approximate surface area is 122 Å². The number of imide groups is 1. The van der Waals surface area contributed by atoms with E-state index in [9.17, 15) is 18.8 Å². The van der Waals surface area contributed by atoms with Gasteiger partial charge in [0.2, 0.25) is 11.8 Å². The third kappa shape index (κ3) is 3.09. The van der Waals surface area contributed by atoms with Crippen molar-refractivity contribution in [2.45, 2.75) is 18.9 Å². The molecule has 2 N–H and O–H groups in total. The first-order valence-electron chi connectivity index (χ1n) is 5.57. The van der Waals surface area contributed by atoms with Gasteiger partial charge in [-0.1, -0.05) is 6.07 Å². The Morgan fingerprint density at radius 1 is 1.42 bits per heavy atom. The Kier molecular flexibility index (Phi) is 4.13. The number of carbonyl (C=O) groups is 3. The molecule has 1 aromatic rings. The maximum Gasteiger partial charge on any atom is 0.254 e. The van der Waals surface area contributed by atoms with Crippen LogP contribution >= 0.6 is 22.6 Å². The Morgan fingerprint density at radius 2 is 2.16 bits per heavy atom. The second-order valence-corrected chi connectivity index (χ2v) is 5.24. The first-order valence-corrected chi connectivity index (χ1v) is 6.65. The Hall–Kier alpha value is -1.51. The average molecular weight is 376 g/mol.